The fraction of sp³-hybridized carbons (Fsp3) is 0.684. The summed E-state index contributed by atoms with van der Waals surface area (Å²) in [7, 11) is 0. The first-order chi connectivity index (χ1) is 11.7. The second-order valence-corrected chi connectivity index (χ2v) is 7.80. The Labute approximate surface area is 147 Å². The van der Waals surface area contributed by atoms with Crippen molar-refractivity contribution in [2.75, 3.05) is 18.0 Å². The lowest BCUT2D eigenvalue weighted by atomic mass is 9.75. The Morgan fingerprint density at radius 1 is 1.08 bits per heavy atom. The molecule has 0 spiro atoms. The minimum Gasteiger partial charge on any atom is -0.371 e. The molecule has 0 atom stereocenters. The van der Waals surface area contributed by atoms with E-state index in [9.17, 15) is 13.2 Å². The van der Waals surface area contributed by atoms with Crippen LogP contribution in [0.15, 0.2) is 18.2 Å². The molecule has 0 aromatic heterocycles. The largest absolute Gasteiger partial charge is 0.391 e. The maximum absolute atomic E-state index is 12.8. The molecule has 0 radical (unpaired) electrons. The van der Waals surface area contributed by atoms with Crippen molar-refractivity contribution in [3.63, 3.8) is 0 Å². The highest BCUT2D eigenvalue weighted by Gasteiger charge is 2.41. The molecule has 0 bridgehead atoms. The Balaban J connectivity index is 1.71. The molecule has 1 saturated heterocycles. The fourth-order valence-corrected chi connectivity index (χ4v) is 4.21. The van der Waals surface area contributed by atoms with Crippen LogP contribution in [0.3, 0.4) is 0 Å². The molecule has 1 saturated carbocycles. The van der Waals surface area contributed by atoms with E-state index in [-0.39, 0.29) is 24.4 Å². The number of aryl methyl sites for hydroxylation is 1. The van der Waals surface area contributed by atoms with Crippen molar-refractivity contribution in [1.29, 1.82) is 0 Å². The second kappa shape index (κ2) is 6.80. The van der Waals surface area contributed by atoms with Crippen LogP contribution in [0.25, 0.3) is 0 Å². The Hall–Kier alpha value is -1.27. The predicted molar refractivity (Wildman–Crippen MR) is 94.5 cm³/mol. The minimum atomic E-state index is -4.07. The molecule has 1 aromatic carbocycles. The molecule has 1 heterocycles. The third-order valence-corrected chi connectivity index (χ3v) is 5.99. The zero-order chi connectivity index (χ0) is 18.2. The van der Waals surface area contributed by atoms with Gasteiger partial charge in [0.25, 0.3) is 0 Å². The Morgan fingerprint density at radius 2 is 1.68 bits per heavy atom. The van der Waals surface area contributed by atoms with Gasteiger partial charge in [0, 0.05) is 30.4 Å². The van der Waals surface area contributed by atoms with Crippen molar-refractivity contribution in [3.8, 4) is 0 Å². The van der Waals surface area contributed by atoms with E-state index >= 15 is 0 Å². The van der Waals surface area contributed by atoms with Gasteiger partial charge in [-0.05, 0) is 62.6 Å². The number of nitrogens with zero attached hydrogens (tertiary/aromatic N) is 1. The van der Waals surface area contributed by atoms with Gasteiger partial charge < -0.3 is 16.4 Å². The molecule has 1 aliphatic heterocycles. The highest BCUT2D eigenvalue weighted by molar-refractivity contribution is 5.55. The first-order valence-electron chi connectivity index (χ1n) is 9.16. The number of rotatable bonds is 2. The van der Waals surface area contributed by atoms with Gasteiger partial charge in [-0.15, -0.1) is 0 Å². The van der Waals surface area contributed by atoms with Crippen LogP contribution < -0.4 is 16.4 Å². The molecular weight excluding hydrogens is 327 g/mol. The van der Waals surface area contributed by atoms with Crippen molar-refractivity contribution in [2.45, 2.75) is 63.2 Å². The maximum Gasteiger partial charge on any atom is 0.391 e. The van der Waals surface area contributed by atoms with Crippen LogP contribution in [-0.4, -0.2) is 25.3 Å². The highest BCUT2D eigenvalue weighted by atomic mass is 19.4. The smallest absolute Gasteiger partial charge is 0.371 e. The number of alkyl halides is 3. The van der Waals surface area contributed by atoms with Crippen LogP contribution in [0.1, 0.15) is 49.7 Å². The van der Waals surface area contributed by atoms with Gasteiger partial charge in [-0.3, -0.25) is 0 Å². The third-order valence-electron chi connectivity index (χ3n) is 5.99. The van der Waals surface area contributed by atoms with Crippen LogP contribution in [0, 0.1) is 12.8 Å². The molecule has 140 valence electrons. The van der Waals surface area contributed by atoms with Crippen LogP contribution in [0.5, 0.6) is 0 Å². The van der Waals surface area contributed by atoms with Gasteiger partial charge in [0.2, 0.25) is 0 Å². The average Bonchev–Trinajstić information content (AvgIpc) is 2.57. The SMILES string of the molecule is Cc1cc(C2(N)CCC(N)CC2)ccc1N1CCC(C(F)(F)F)CC1. The van der Waals surface area contributed by atoms with E-state index in [1.807, 2.05) is 13.0 Å². The lowest BCUT2D eigenvalue weighted by Crippen LogP contribution is -2.43. The minimum absolute atomic E-state index is 0.170. The van der Waals surface area contributed by atoms with Crippen LogP contribution in [0.4, 0.5) is 18.9 Å². The lowest BCUT2D eigenvalue weighted by Gasteiger charge is -2.38. The number of hydrogen-bond acceptors (Lipinski definition) is 3. The number of hydrogen-bond donors (Lipinski definition) is 2. The van der Waals surface area contributed by atoms with Crippen molar-refractivity contribution >= 4 is 5.69 Å². The highest BCUT2D eigenvalue weighted by Crippen LogP contribution is 2.38. The quantitative estimate of drug-likeness (QED) is 0.848. The predicted octanol–water partition coefficient (Wildman–Crippen LogP) is 3.83. The standard InChI is InChI=1S/C19H28F3N3/c1-13-12-15(18(24)8-4-16(23)5-9-18)2-3-17(13)25-10-6-14(7-11-25)19(20,21)22/h2-3,12,14,16H,4-11,23-24H2,1H3. The number of halogens is 3. The van der Waals surface area contributed by atoms with Gasteiger partial charge in [-0.1, -0.05) is 12.1 Å². The summed E-state index contributed by atoms with van der Waals surface area (Å²) in [5.41, 5.74) is 15.5. The van der Waals surface area contributed by atoms with Crippen molar-refractivity contribution in [2.24, 2.45) is 17.4 Å². The number of nitrogens with two attached hydrogens (primary N) is 2. The van der Waals surface area contributed by atoms with E-state index in [0.717, 1.165) is 42.5 Å². The molecule has 3 nitrogen and oxygen atoms in total. The molecule has 1 aromatic rings. The van der Waals surface area contributed by atoms with Gasteiger partial charge in [-0.25, -0.2) is 0 Å². The third kappa shape index (κ3) is 3.95. The molecule has 25 heavy (non-hydrogen) atoms. The molecule has 2 aliphatic rings. The van der Waals surface area contributed by atoms with Crippen molar-refractivity contribution in [1.82, 2.24) is 0 Å². The zero-order valence-corrected chi connectivity index (χ0v) is 14.8. The molecular formula is C19H28F3N3. The van der Waals surface area contributed by atoms with Gasteiger partial charge in [0.1, 0.15) is 0 Å². The zero-order valence-electron chi connectivity index (χ0n) is 14.8. The summed E-state index contributed by atoms with van der Waals surface area (Å²) in [6, 6.07) is 6.44. The molecule has 3 rings (SSSR count). The molecule has 0 unspecified atom stereocenters. The van der Waals surface area contributed by atoms with Crippen molar-refractivity contribution in [3.05, 3.63) is 29.3 Å². The first kappa shape index (κ1) is 18.5. The summed E-state index contributed by atoms with van der Waals surface area (Å²) in [5, 5.41) is 0. The van der Waals surface area contributed by atoms with Crippen LogP contribution in [0.2, 0.25) is 0 Å². The summed E-state index contributed by atoms with van der Waals surface area (Å²) < 4.78 is 38.5. The Kier molecular flexibility index (Phi) is 5.04. The molecule has 2 fully saturated rings. The van der Waals surface area contributed by atoms with Gasteiger partial charge in [-0.2, -0.15) is 13.2 Å². The van der Waals surface area contributed by atoms with Gasteiger partial charge >= 0.3 is 6.18 Å². The number of benzene rings is 1. The topological polar surface area (TPSA) is 55.3 Å². The number of anilines is 1. The summed E-state index contributed by atoms with van der Waals surface area (Å²) >= 11 is 0. The van der Waals surface area contributed by atoms with E-state index in [2.05, 4.69) is 17.0 Å². The molecule has 4 N–H and O–H groups in total. The molecule has 0 amide bonds. The lowest BCUT2D eigenvalue weighted by molar-refractivity contribution is -0.179. The van der Waals surface area contributed by atoms with E-state index in [1.54, 1.807) is 0 Å². The van der Waals surface area contributed by atoms with Crippen molar-refractivity contribution < 1.29 is 13.2 Å². The maximum atomic E-state index is 12.8. The number of piperidine rings is 1. The molecule has 6 heteroatoms. The van der Waals surface area contributed by atoms with Gasteiger partial charge in [0.15, 0.2) is 0 Å². The van der Waals surface area contributed by atoms with E-state index < -0.39 is 12.1 Å². The first-order valence-corrected chi connectivity index (χ1v) is 9.16. The summed E-state index contributed by atoms with van der Waals surface area (Å²) in [6.45, 7) is 2.92. The van der Waals surface area contributed by atoms with Crippen LogP contribution >= 0.6 is 0 Å². The fourth-order valence-electron chi connectivity index (χ4n) is 4.21. The summed E-state index contributed by atoms with van der Waals surface area (Å²) in [5.74, 6) is -1.16. The van der Waals surface area contributed by atoms with E-state index in [0.29, 0.717) is 13.1 Å². The monoisotopic (exact) mass is 355 g/mol. The summed E-state index contributed by atoms with van der Waals surface area (Å²) in [6.07, 6.45) is -0.107. The molecule has 1 aliphatic carbocycles. The average molecular weight is 355 g/mol. The van der Waals surface area contributed by atoms with Crippen LogP contribution in [-0.2, 0) is 5.54 Å². The Bertz CT molecular complexity index is 598. The second-order valence-electron chi connectivity index (χ2n) is 7.80. The van der Waals surface area contributed by atoms with E-state index in [1.165, 1.54) is 0 Å². The van der Waals surface area contributed by atoms with E-state index in [4.69, 9.17) is 11.5 Å². The normalized spacial score (nSPS) is 29.0. The van der Waals surface area contributed by atoms with Gasteiger partial charge in [0.05, 0.1) is 5.92 Å². The Morgan fingerprint density at radius 3 is 2.20 bits per heavy atom. The summed E-state index contributed by atoms with van der Waals surface area (Å²) in [4.78, 5) is 2.07.